The lowest BCUT2D eigenvalue weighted by Gasteiger charge is -2.15. The monoisotopic (exact) mass is 405 g/mol. The van der Waals surface area contributed by atoms with Crippen LogP contribution in [0.3, 0.4) is 0 Å². The molecule has 140 valence electrons. The van der Waals surface area contributed by atoms with Crippen molar-refractivity contribution in [2.75, 3.05) is 4.90 Å². The second kappa shape index (κ2) is 6.06. The van der Waals surface area contributed by atoms with Gasteiger partial charge in [-0.1, -0.05) is 29.3 Å². The maximum absolute atomic E-state index is 12.9. The quantitative estimate of drug-likeness (QED) is 0.735. The molecule has 3 fully saturated rings. The van der Waals surface area contributed by atoms with Crippen molar-refractivity contribution >= 4 is 40.8 Å². The van der Waals surface area contributed by atoms with Gasteiger partial charge >= 0.3 is 0 Å². The van der Waals surface area contributed by atoms with Crippen LogP contribution in [0.4, 0.5) is 5.82 Å². The third-order valence-corrected chi connectivity index (χ3v) is 6.40. The first-order valence-corrected chi connectivity index (χ1v) is 9.71. The van der Waals surface area contributed by atoms with Gasteiger partial charge in [-0.2, -0.15) is 5.10 Å². The van der Waals surface area contributed by atoms with E-state index in [9.17, 15) is 9.59 Å². The zero-order valence-electron chi connectivity index (χ0n) is 14.6. The number of imide groups is 1. The predicted molar refractivity (Wildman–Crippen MR) is 99.9 cm³/mol. The number of aryl methyl sites for hydroxylation is 1. The second-order valence-electron chi connectivity index (χ2n) is 7.39. The first-order valence-electron chi connectivity index (χ1n) is 8.95. The second-order valence-corrected chi connectivity index (χ2v) is 8.23. The van der Waals surface area contributed by atoms with Crippen molar-refractivity contribution in [3.63, 3.8) is 0 Å². The van der Waals surface area contributed by atoms with E-state index in [-0.39, 0.29) is 35.9 Å². The molecule has 0 aliphatic carbocycles. The number of nitrogens with zero attached hydrogens (tertiary/aromatic N) is 3. The number of amides is 2. The van der Waals surface area contributed by atoms with Crippen LogP contribution < -0.4 is 4.90 Å². The Balaban J connectivity index is 1.44. The minimum Gasteiger partial charge on any atom is -0.373 e. The number of anilines is 1. The zero-order valence-corrected chi connectivity index (χ0v) is 16.1. The molecule has 2 amide bonds. The first-order chi connectivity index (χ1) is 12.9. The Morgan fingerprint density at radius 1 is 1.11 bits per heavy atom. The van der Waals surface area contributed by atoms with Crippen LogP contribution >= 0.6 is 23.2 Å². The van der Waals surface area contributed by atoms with E-state index in [4.69, 9.17) is 27.9 Å². The summed E-state index contributed by atoms with van der Waals surface area (Å²) in [5, 5.41) is 5.64. The molecule has 4 atom stereocenters. The molecule has 8 heteroatoms. The van der Waals surface area contributed by atoms with Crippen molar-refractivity contribution in [2.24, 2.45) is 11.8 Å². The molecule has 2 bridgehead atoms. The van der Waals surface area contributed by atoms with Gasteiger partial charge in [0.05, 0.1) is 30.6 Å². The lowest BCUT2D eigenvalue weighted by molar-refractivity contribution is -0.124. The number of ether oxygens (including phenoxy) is 1. The molecule has 0 unspecified atom stereocenters. The third kappa shape index (κ3) is 2.54. The minimum atomic E-state index is -0.354. The third-order valence-electron chi connectivity index (χ3n) is 5.82. The van der Waals surface area contributed by atoms with Gasteiger partial charge < -0.3 is 4.74 Å². The summed E-state index contributed by atoms with van der Waals surface area (Å²) in [5.41, 5.74) is 1.70. The number of aromatic nitrogens is 2. The number of fused-ring (bicyclic) bond motifs is 5. The van der Waals surface area contributed by atoms with E-state index < -0.39 is 0 Å². The Kier molecular flexibility index (Phi) is 3.86. The smallest absolute Gasteiger partial charge is 0.241 e. The maximum atomic E-state index is 12.9. The lowest BCUT2D eigenvalue weighted by Crippen LogP contribution is -2.34. The SMILES string of the molecule is Cc1cc(N2C(=O)[C@H]3[C@H](C2=O)[C@H]2CC[C@H]3O2)nn1Cc1ccc(Cl)cc1Cl. The first kappa shape index (κ1) is 17.2. The highest BCUT2D eigenvalue weighted by Gasteiger charge is 2.63. The van der Waals surface area contributed by atoms with Crippen LogP contribution in [0.1, 0.15) is 24.1 Å². The average Bonchev–Trinajstić information content (AvgIpc) is 3.35. The molecule has 27 heavy (non-hydrogen) atoms. The molecule has 3 aliphatic heterocycles. The van der Waals surface area contributed by atoms with Crippen LogP contribution in [-0.4, -0.2) is 33.8 Å². The van der Waals surface area contributed by atoms with Crippen molar-refractivity contribution < 1.29 is 14.3 Å². The summed E-state index contributed by atoms with van der Waals surface area (Å²) in [6.07, 6.45) is 1.44. The van der Waals surface area contributed by atoms with E-state index >= 15 is 0 Å². The Morgan fingerprint density at radius 2 is 1.78 bits per heavy atom. The van der Waals surface area contributed by atoms with Crippen molar-refractivity contribution in [1.29, 1.82) is 0 Å². The summed E-state index contributed by atoms with van der Waals surface area (Å²) in [4.78, 5) is 27.0. The molecule has 3 saturated heterocycles. The Morgan fingerprint density at radius 3 is 2.41 bits per heavy atom. The van der Waals surface area contributed by atoms with E-state index in [2.05, 4.69) is 5.10 Å². The van der Waals surface area contributed by atoms with Gasteiger partial charge in [-0.3, -0.25) is 14.3 Å². The standard InChI is InChI=1S/C19H17Cl2N3O3/c1-9-6-15(22-23(9)8-10-2-3-11(20)7-12(10)21)24-18(25)16-13-4-5-14(27-13)17(16)19(24)26/h2-3,6-7,13-14,16-17H,4-5,8H2,1H3/t13-,14-,16-,17-/m1/s1. The topological polar surface area (TPSA) is 64.4 Å². The Hall–Kier alpha value is -1.89. The predicted octanol–water partition coefficient (Wildman–Crippen LogP) is 3.21. The highest BCUT2D eigenvalue weighted by Crippen LogP contribution is 2.49. The summed E-state index contributed by atoms with van der Waals surface area (Å²) in [6, 6.07) is 7.07. The van der Waals surface area contributed by atoms with Gasteiger partial charge in [0.2, 0.25) is 11.8 Å². The van der Waals surface area contributed by atoms with Gasteiger partial charge in [-0.15, -0.1) is 0 Å². The van der Waals surface area contributed by atoms with E-state index in [1.54, 1.807) is 22.9 Å². The van der Waals surface area contributed by atoms with Gasteiger partial charge in [0, 0.05) is 21.8 Å². The molecule has 0 radical (unpaired) electrons. The molecule has 0 spiro atoms. The van der Waals surface area contributed by atoms with E-state index in [0.29, 0.717) is 22.4 Å². The molecule has 1 aromatic heterocycles. The summed E-state index contributed by atoms with van der Waals surface area (Å²) >= 11 is 12.2. The van der Waals surface area contributed by atoms with Crippen molar-refractivity contribution in [2.45, 2.75) is 38.5 Å². The Bertz CT molecular complexity index is 945. The van der Waals surface area contributed by atoms with E-state index in [1.807, 2.05) is 13.0 Å². The number of halogens is 2. The zero-order chi connectivity index (χ0) is 18.9. The van der Waals surface area contributed by atoms with Crippen LogP contribution in [0.25, 0.3) is 0 Å². The number of benzene rings is 1. The maximum Gasteiger partial charge on any atom is 0.241 e. The normalized spacial score (nSPS) is 29.1. The van der Waals surface area contributed by atoms with Gasteiger partial charge in [0.25, 0.3) is 0 Å². The molecular weight excluding hydrogens is 389 g/mol. The van der Waals surface area contributed by atoms with Crippen LogP contribution in [0.15, 0.2) is 24.3 Å². The van der Waals surface area contributed by atoms with Gasteiger partial charge in [0.15, 0.2) is 5.82 Å². The fraction of sp³-hybridized carbons (Fsp3) is 0.421. The summed E-state index contributed by atoms with van der Waals surface area (Å²) in [5.74, 6) is -0.709. The van der Waals surface area contributed by atoms with Gasteiger partial charge in [-0.05, 0) is 37.5 Å². The van der Waals surface area contributed by atoms with Crippen molar-refractivity contribution in [3.05, 3.63) is 45.6 Å². The van der Waals surface area contributed by atoms with Crippen LogP contribution in [0.2, 0.25) is 10.0 Å². The molecule has 4 heterocycles. The van der Waals surface area contributed by atoms with Gasteiger partial charge in [0.1, 0.15) is 0 Å². The minimum absolute atomic E-state index is 0.127. The van der Waals surface area contributed by atoms with Crippen molar-refractivity contribution in [1.82, 2.24) is 9.78 Å². The van der Waals surface area contributed by atoms with Gasteiger partial charge in [-0.25, -0.2) is 4.90 Å². The van der Waals surface area contributed by atoms with Crippen LogP contribution in [0, 0.1) is 18.8 Å². The number of rotatable bonds is 3. The van der Waals surface area contributed by atoms with E-state index in [0.717, 1.165) is 24.1 Å². The van der Waals surface area contributed by atoms with Crippen LogP contribution in [0.5, 0.6) is 0 Å². The molecule has 0 saturated carbocycles. The number of hydrogen-bond donors (Lipinski definition) is 0. The molecule has 0 N–H and O–H groups in total. The summed E-state index contributed by atoms with van der Waals surface area (Å²) in [6.45, 7) is 2.32. The fourth-order valence-corrected chi connectivity index (χ4v) is 4.98. The van der Waals surface area contributed by atoms with E-state index in [1.165, 1.54) is 4.90 Å². The molecule has 3 aliphatic rings. The summed E-state index contributed by atoms with van der Waals surface area (Å²) in [7, 11) is 0. The number of carbonyl (C=O) groups is 2. The van der Waals surface area contributed by atoms with Crippen LogP contribution in [-0.2, 0) is 20.9 Å². The largest absolute Gasteiger partial charge is 0.373 e. The van der Waals surface area contributed by atoms with Crippen molar-refractivity contribution in [3.8, 4) is 0 Å². The Labute approximate surface area is 166 Å². The average molecular weight is 406 g/mol. The molecule has 2 aromatic rings. The summed E-state index contributed by atoms with van der Waals surface area (Å²) < 4.78 is 7.52. The fourth-order valence-electron chi connectivity index (χ4n) is 4.51. The molecule has 1 aromatic carbocycles. The lowest BCUT2D eigenvalue weighted by atomic mass is 9.81. The molecule has 6 nitrogen and oxygen atoms in total. The number of hydrogen-bond acceptors (Lipinski definition) is 4. The number of carbonyl (C=O) groups excluding carboxylic acids is 2. The molecular formula is C19H17Cl2N3O3. The highest BCUT2D eigenvalue weighted by molar-refractivity contribution is 6.35. The molecule has 5 rings (SSSR count). The highest BCUT2D eigenvalue weighted by atomic mass is 35.5.